The van der Waals surface area contributed by atoms with E-state index in [0.29, 0.717) is 42.4 Å². The van der Waals surface area contributed by atoms with Gasteiger partial charge >= 0.3 is 0 Å². The van der Waals surface area contributed by atoms with Crippen LogP contribution < -0.4 is 5.32 Å². The second kappa shape index (κ2) is 7.19. The quantitative estimate of drug-likeness (QED) is 0.828. The minimum Gasteiger partial charge on any atom is -0.384 e. The Morgan fingerprint density at radius 2 is 2.29 bits per heavy atom. The lowest BCUT2D eigenvalue weighted by molar-refractivity contribution is 0.157. The number of rotatable bonds is 7. The van der Waals surface area contributed by atoms with Crippen LogP contribution in [-0.2, 0) is 21.3 Å². The van der Waals surface area contributed by atoms with Crippen molar-refractivity contribution in [1.82, 2.24) is 9.62 Å². The molecule has 1 N–H and O–H groups in total. The van der Waals surface area contributed by atoms with Crippen molar-refractivity contribution in [3.05, 3.63) is 17.0 Å². The number of nitrogens with zero attached hydrogens (tertiary/aromatic N) is 1. The number of nitrogens with one attached hydrogen (secondary N) is 1. The van der Waals surface area contributed by atoms with E-state index in [2.05, 4.69) is 19.2 Å². The zero-order chi connectivity index (χ0) is 15.5. The molecule has 0 saturated carbocycles. The molecule has 1 atom stereocenters. The van der Waals surface area contributed by atoms with E-state index in [0.717, 1.165) is 12.0 Å². The molecule has 2 heterocycles. The van der Waals surface area contributed by atoms with Gasteiger partial charge in [0.05, 0.1) is 6.61 Å². The van der Waals surface area contributed by atoms with Crippen molar-refractivity contribution < 1.29 is 13.2 Å². The first kappa shape index (κ1) is 16.9. The van der Waals surface area contributed by atoms with Crippen LogP contribution in [0.15, 0.2) is 15.7 Å². The Kier molecular flexibility index (Phi) is 5.79. The number of methoxy groups -OCH3 is 1. The first-order valence-corrected chi connectivity index (χ1v) is 9.55. The van der Waals surface area contributed by atoms with Crippen LogP contribution in [0.1, 0.15) is 25.8 Å². The normalized spacial score (nSPS) is 20.5. The van der Waals surface area contributed by atoms with Crippen molar-refractivity contribution in [2.45, 2.75) is 37.1 Å². The van der Waals surface area contributed by atoms with E-state index in [1.54, 1.807) is 17.5 Å². The molecule has 1 unspecified atom stereocenters. The Labute approximate surface area is 131 Å². The Bertz CT molecular complexity index is 554. The van der Waals surface area contributed by atoms with Crippen LogP contribution in [0.4, 0.5) is 0 Å². The van der Waals surface area contributed by atoms with Gasteiger partial charge in [0.1, 0.15) is 4.21 Å². The summed E-state index contributed by atoms with van der Waals surface area (Å²) in [5.74, 6) is 0.312. The maximum absolute atomic E-state index is 12.6. The predicted molar refractivity (Wildman–Crippen MR) is 85.0 cm³/mol. The molecular weight excluding hydrogens is 308 g/mol. The molecule has 0 amide bonds. The highest BCUT2D eigenvalue weighted by Crippen LogP contribution is 2.28. The van der Waals surface area contributed by atoms with Gasteiger partial charge in [-0.1, -0.05) is 13.8 Å². The van der Waals surface area contributed by atoms with Crippen molar-refractivity contribution in [1.29, 1.82) is 0 Å². The van der Waals surface area contributed by atoms with E-state index < -0.39 is 10.0 Å². The van der Waals surface area contributed by atoms with Crippen molar-refractivity contribution in [2.75, 3.05) is 26.8 Å². The highest BCUT2D eigenvalue weighted by Gasteiger charge is 2.33. The largest absolute Gasteiger partial charge is 0.384 e. The molecule has 120 valence electrons. The molecule has 2 rings (SSSR count). The highest BCUT2D eigenvalue weighted by molar-refractivity contribution is 7.91. The summed E-state index contributed by atoms with van der Waals surface area (Å²) in [4.78, 5) is 0. The molecule has 1 aromatic rings. The Morgan fingerprint density at radius 1 is 1.52 bits per heavy atom. The fourth-order valence-corrected chi connectivity index (χ4v) is 5.31. The van der Waals surface area contributed by atoms with E-state index in [-0.39, 0.29) is 0 Å². The second-order valence-corrected chi connectivity index (χ2v) is 8.86. The monoisotopic (exact) mass is 332 g/mol. The molecular formula is C14H24N2O3S2. The lowest BCUT2D eigenvalue weighted by Crippen LogP contribution is -2.28. The number of ether oxygens (including phenoxy) is 1. The molecule has 1 aliphatic heterocycles. The average Bonchev–Trinajstić information content (AvgIpc) is 3.06. The van der Waals surface area contributed by atoms with Gasteiger partial charge in [0.15, 0.2) is 0 Å². The van der Waals surface area contributed by atoms with Crippen molar-refractivity contribution in [3.63, 3.8) is 0 Å². The maximum atomic E-state index is 12.6. The lowest BCUT2D eigenvalue weighted by Gasteiger charge is -2.15. The number of sulfonamides is 1. The van der Waals surface area contributed by atoms with Gasteiger partial charge in [-0.3, -0.25) is 0 Å². The van der Waals surface area contributed by atoms with E-state index in [1.807, 2.05) is 5.38 Å². The van der Waals surface area contributed by atoms with Crippen LogP contribution in [0.5, 0.6) is 0 Å². The highest BCUT2D eigenvalue weighted by atomic mass is 32.2. The molecule has 1 aromatic heterocycles. The minimum absolute atomic E-state index is 0.312. The molecule has 0 radical (unpaired) electrons. The molecule has 1 aliphatic rings. The molecule has 21 heavy (non-hydrogen) atoms. The number of hydrogen-bond donors (Lipinski definition) is 1. The molecule has 7 heteroatoms. The average molecular weight is 332 g/mol. The molecule has 0 spiro atoms. The Morgan fingerprint density at radius 3 is 2.95 bits per heavy atom. The second-order valence-electron chi connectivity index (χ2n) is 5.78. The first-order chi connectivity index (χ1) is 9.93. The molecule has 0 bridgehead atoms. The predicted octanol–water partition coefficient (Wildman–Crippen LogP) is 1.90. The molecule has 1 saturated heterocycles. The fourth-order valence-electron chi connectivity index (χ4n) is 2.42. The summed E-state index contributed by atoms with van der Waals surface area (Å²) >= 11 is 1.31. The number of hydrogen-bond acceptors (Lipinski definition) is 5. The molecule has 5 nitrogen and oxygen atoms in total. The summed E-state index contributed by atoms with van der Waals surface area (Å²) in [5, 5.41) is 5.22. The fraction of sp³-hybridized carbons (Fsp3) is 0.714. The summed E-state index contributed by atoms with van der Waals surface area (Å²) in [5.41, 5.74) is 1.03. The summed E-state index contributed by atoms with van der Waals surface area (Å²) < 4.78 is 32.4. The molecule has 0 aliphatic carbocycles. The van der Waals surface area contributed by atoms with Gasteiger partial charge in [-0.2, -0.15) is 4.31 Å². The van der Waals surface area contributed by atoms with Crippen LogP contribution in [0, 0.1) is 5.92 Å². The smallest absolute Gasteiger partial charge is 0.252 e. The van der Waals surface area contributed by atoms with Gasteiger partial charge in [0, 0.05) is 32.8 Å². The van der Waals surface area contributed by atoms with Gasteiger partial charge in [-0.15, -0.1) is 11.3 Å². The minimum atomic E-state index is -3.34. The van der Waals surface area contributed by atoms with Crippen LogP contribution in [0.25, 0.3) is 0 Å². The van der Waals surface area contributed by atoms with Crippen molar-refractivity contribution in [2.24, 2.45) is 5.92 Å². The van der Waals surface area contributed by atoms with E-state index >= 15 is 0 Å². The zero-order valence-corrected chi connectivity index (χ0v) is 14.5. The first-order valence-electron chi connectivity index (χ1n) is 7.23. The Balaban J connectivity index is 2.03. The van der Waals surface area contributed by atoms with Gasteiger partial charge in [0.25, 0.3) is 10.0 Å². The summed E-state index contributed by atoms with van der Waals surface area (Å²) in [6.07, 6.45) is 0.875. The maximum Gasteiger partial charge on any atom is 0.252 e. The Hall–Kier alpha value is -0.470. The summed E-state index contributed by atoms with van der Waals surface area (Å²) in [6, 6.07) is 2.18. The third-order valence-electron chi connectivity index (χ3n) is 3.59. The van der Waals surface area contributed by atoms with Crippen LogP contribution in [-0.4, -0.2) is 45.6 Å². The van der Waals surface area contributed by atoms with Crippen LogP contribution in [0.3, 0.4) is 0 Å². The number of thiophene rings is 1. The van der Waals surface area contributed by atoms with Crippen LogP contribution >= 0.6 is 11.3 Å². The third kappa shape index (κ3) is 4.26. The van der Waals surface area contributed by atoms with E-state index in [9.17, 15) is 8.42 Å². The van der Waals surface area contributed by atoms with Gasteiger partial charge in [-0.05, 0) is 29.3 Å². The van der Waals surface area contributed by atoms with Gasteiger partial charge in [0.2, 0.25) is 0 Å². The van der Waals surface area contributed by atoms with E-state index in [1.165, 1.54) is 11.3 Å². The standard InChI is InChI=1S/C14H24N2O3S2/c1-11(2)15-7-13-6-14(20-10-13)21(17,18)16-5-4-12(8-16)9-19-3/h6,10-12,15H,4-5,7-9H2,1-3H3. The topological polar surface area (TPSA) is 58.6 Å². The lowest BCUT2D eigenvalue weighted by atomic mass is 10.1. The van der Waals surface area contributed by atoms with Gasteiger partial charge < -0.3 is 10.1 Å². The molecule has 0 aromatic carbocycles. The van der Waals surface area contributed by atoms with Crippen molar-refractivity contribution >= 4 is 21.4 Å². The zero-order valence-electron chi connectivity index (χ0n) is 12.8. The summed E-state index contributed by atoms with van der Waals surface area (Å²) in [6.45, 7) is 6.63. The van der Waals surface area contributed by atoms with Gasteiger partial charge in [-0.25, -0.2) is 8.42 Å². The SMILES string of the molecule is COCC1CCN(S(=O)(=O)c2cc(CNC(C)C)cs2)C1. The van der Waals surface area contributed by atoms with Crippen LogP contribution in [0.2, 0.25) is 0 Å². The van der Waals surface area contributed by atoms with Crippen molar-refractivity contribution in [3.8, 4) is 0 Å². The third-order valence-corrected chi connectivity index (χ3v) is 6.92. The summed E-state index contributed by atoms with van der Waals surface area (Å²) in [7, 11) is -1.68. The molecule has 1 fully saturated rings. The van der Waals surface area contributed by atoms with E-state index in [4.69, 9.17) is 4.74 Å².